The second-order valence-electron chi connectivity index (χ2n) is 7.48. The van der Waals surface area contributed by atoms with E-state index in [1.165, 1.54) is 29.5 Å². The number of anilines is 2. The van der Waals surface area contributed by atoms with Gasteiger partial charge in [-0.05, 0) is 44.9 Å². The molecular weight excluding hydrogens is 393 g/mol. The highest BCUT2D eigenvalue weighted by Crippen LogP contribution is 2.26. The van der Waals surface area contributed by atoms with Crippen LogP contribution in [0, 0.1) is 25.6 Å². The van der Waals surface area contributed by atoms with Gasteiger partial charge in [-0.3, -0.25) is 14.4 Å². The van der Waals surface area contributed by atoms with Crippen molar-refractivity contribution in [3.05, 3.63) is 44.3 Å². The van der Waals surface area contributed by atoms with Crippen LogP contribution in [0.2, 0.25) is 0 Å². The zero-order valence-electron chi connectivity index (χ0n) is 16.7. The number of nitrogens with zero attached hydrogens (tertiary/aromatic N) is 1. The first kappa shape index (κ1) is 21.2. The van der Waals surface area contributed by atoms with Crippen LogP contribution in [0.25, 0.3) is 0 Å². The fourth-order valence-corrected chi connectivity index (χ4v) is 4.44. The number of carbonyl (C=O) groups is 2. The number of hydrogen-bond donors (Lipinski definition) is 2. The average Bonchev–Trinajstić information content (AvgIpc) is 2.95. The van der Waals surface area contributed by atoms with E-state index in [0.29, 0.717) is 5.69 Å². The van der Waals surface area contributed by atoms with Crippen molar-refractivity contribution in [3.63, 3.8) is 0 Å². The lowest BCUT2D eigenvalue weighted by Crippen LogP contribution is -2.25. The Labute approximate surface area is 173 Å². The molecule has 0 radical (unpaired) electrons. The molecule has 0 bridgehead atoms. The number of aromatic nitrogens is 1. The molecule has 0 spiro atoms. The minimum atomic E-state index is -0.539. The van der Waals surface area contributed by atoms with Gasteiger partial charge >= 0.3 is 4.87 Å². The van der Waals surface area contributed by atoms with E-state index in [1.807, 2.05) is 13.8 Å². The molecule has 1 aliphatic rings. The summed E-state index contributed by atoms with van der Waals surface area (Å²) in [6.07, 6.45) is 4.94. The monoisotopic (exact) mass is 419 g/mol. The van der Waals surface area contributed by atoms with Crippen LogP contribution < -0.4 is 15.5 Å². The minimum Gasteiger partial charge on any atom is -0.326 e. The van der Waals surface area contributed by atoms with Crippen LogP contribution in [0.3, 0.4) is 0 Å². The van der Waals surface area contributed by atoms with Gasteiger partial charge in [0.2, 0.25) is 11.8 Å². The summed E-state index contributed by atoms with van der Waals surface area (Å²) in [6.45, 7) is 4.01. The summed E-state index contributed by atoms with van der Waals surface area (Å²) in [5.74, 6) is -1.08. The molecule has 8 heteroatoms. The van der Waals surface area contributed by atoms with Gasteiger partial charge in [0, 0.05) is 35.1 Å². The molecule has 0 aliphatic heterocycles. The number of hydrogen-bond acceptors (Lipinski definition) is 4. The number of nitrogens with one attached hydrogen (secondary N) is 2. The van der Waals surface area contributed by atoms with Gasteiger partial charge in [0.1, 0.15) is 5.82 Å². The molecule has 3 rings (SSSR count). The van der Waals surface area contributed by atoms with E-state index in [-0.39, 0.29) is 41.3 Å². The van der Waals surface area contributed by atoms with Crippen molar-refractivity contribution in [2.45, 2.75) is 58.9 Å². The molecule has 1 heterocycles. The minimum absolute atomic E-state index is 0.0684. The Kier molecular flexibility index (Phi) is 6.84. The van der Waals surface area contributed by atoms with Gasteiger partial charge in [-0.25, -0.2) is 4.39 Å². The second-order valence-corrected chi connectivity index (χ2v) is 8.64. The molecule has 1 fully saturated rings. The van der Waals surface area contributed by atoms with E-state index in [0.717, 1.165) is 42.7 Å². The number of aryl methyl sites for hydroxylation is 1. The third-order valence-electron chi connectivity index (χ3n) is 5.42. The SMILES string of the molecule is Cc1sc(=O)n(CCC(=O)Nc2ccc(F)c(NC(=O)C3CCCCC3)c2)c1C. The Morgan fingerprint density at radius 3 is 2.55 bits per heavy atom. The number of carbonyl (C=O) groups excluding carboxylic acids is 2. The van der Waals surface area contributed by atoms with E-state index in [9.17, 15) is 18.8 Å². The molecule has 1 aliphatic carbocycles. The summed E-state index contributed by atoms with van der Waals surface area (Å²) in [6, 6.07) is 4.11. The molecule has 1 aromatic heterocycles. The van der Waals surface area contributed by atoms with Crippen LogP contribution in [0.15, 0.2) is 23.0 Å². The first-order chi connectivity index (χ1) is 13.8. The lowest BCUT2D eigenvalue weighted by molar-refractivity contribution is -0.120. The van der Waals surface area contributed by atoms with Crippen molar-refractivity contribution < 1.29 is 14.0 Å². The molecule has 2 amide bonds. The normalized spacial score (nSPS) is 14.6. The summed E-state index contributed by atoms with van der Waals surface area (Å²) >= 11 is 1.17. The molecular formula is C21H26FN3O3S. The van der Waals surface area contributed by atoms with Crippen LogP contribution in [0.1, 0.15) is 49.1 Å². The van der Waals surface area contributed by atoms with E-state index >= 15 is 0 Å². The van der Waals surface area contributed by atoms with Crippen LogP contribution >= 0.6 is 11.3 Å². The third-order valence-corrected chi connectivity index (χ3v) is 6.42. The molecule has 0 unspecified atom stereocenters. The standard InChI is InChI=1S/C21H26FN3O3S/c1-13-14(2)29-21(28)25(13)11-10-19(26)23-16-8-9-17(22)18(12-16)24-20(27)15-6-4-3-5-7-15/h8-9,12,15H,3-7,10-11H2,1-2H3,(H,23,26)(H,24,27). The van der Waals surface area contributed by atoms with Crippen molar-refractivity contribution >= 4 is 34.5 Å². The number of benzene rings is 1. The van der Waals surface area contributed by atoms with Crippen LogP contribution in [0.5, 0.6) is 0 Å². The van der Waals surface area contributed by atoms with E-state index < -0.39 is 5.82 Å². The summed E-state index contributed by atoms with van der Waals surface area (Å²) < 4.78 is 15.7. The van der Waals surface area contributed by atoms with Crippen molar-refractivity contribution in [3.8, 4) is 0 Å². The molecule has 0 atom stereocenters. The Hall–Kier alpha value is -2.48. The summed E-state index contributed by atoms with van der Waals surface area (Å²) in [7, 11) is 0. The number of amides is 2. The Morgan fingerprint density at radius 1 is 1.17 bits per heavy atom. The van der Waals surface area contributed by atoms with Gasteiger partial charge < -0.3 is 15.2 Å². The number of thiazole rings is 1. The molecule has 1 aromatic carbocycles. The molecule has 29 heavy (non-hydrogen) atoms. The van der Waals surface area contributed by atoms with Crippen LogP contribution in [-0.2, 0) is 16.1 Å². The maximum atomic E-state index is 14.1. The summed E-state index contributed by atoms with van der Waals surface area (Å²) in [5, 5.41) is 5.37. The van der Waals surface area contributed by atoms with E-state index in [1.54, 1.807) is 4.57 Å². The van der Waals surface area contributed by atoms with Crippen molar-refractivity contribution in [2.75, 3.05) is 10.6 Å². The molecule has 0 saturated heterocycles. The predicted octanol–water partition coefficient (Wildman–Crippen LogP) is 4.21. The highest BCUT2D eigenvalue weighted by molar-refractivity contribution is 7.09. The zero-order chi connectivity index (χ0) is 21.0. The topological polar surface area (TPSA) is 80.2 Å². The quantitative estimate of drug-likeness (QED) is 0.736. The van der Waals surface area contributed by atoms with Crippen molar-refractivity contribution in [1.29, 1.82) is 0 Å². The van der Waals surface area contributed by atoms with E-state index in [4.69, 9.17) is 0 Å². The van der Waals surface area contributed by atoms with Crippen LogP contribution in [-0.4, -0.2) is 16.4 Å². The Morgan fingerprint density at radius 2 is 1.90 bits per heavy atom. The maximum absolute atomic E-state index is 14.1. The average molecular weight is 420 g/mol. The molecule has 156 valence electrons. The van der Waals surface area contributed by atoms with E-state index in [2.05, 4.69) is 10.6 Å². The lowest BCUT2D eigenvalue weighted by atomic mass is 9.88. The van der Waals surface area contributed by atoms with Gasteiger partial charge in [0.25, 0.3) is 0 Å². The molecule has 2 aromatic rings. The lowest BCUT2D eigenvalue weighted by Gasteiger charge is -2.21. The Balaban J connectivity index is 1.60. The number of rotatable bonds is 6. The third kappa shape index (κ3) is 5.32. The van der Waals surface area contributed by atoms with Gasteiger partial charge in [0.05, 0.1) is 5.69 Å². The smallest absolute Gasteiger partial charge is 0.307 e. The molecule has 6 nitrogen and oxygen atoms in total. The highest BCUT2D eigenvalue weighted by Gasteiger charge is 2.22. The second kappa shape index (κ2) is 9.35. The van der Waals surface area contributed by atoms with Gasteiger partial charge in [-0.1, -0.05) is 30.6 Å². The van der Waals surface area contributed by atoms with Gasteiger partial charge in [-0.15, -0.1) is 0 Å². The zero-order valence-corrected chi connectivity index (χ0v) is 17.5. The molecule has 1 saturated carbocycles. The van der Waals surface area contributed by atoms with Crippen molar-refractivity contribution in [1.82, 2.24) is 4.57 Å². The van der Waals surface area contributed by atoms with Crippen LogP contribution in [0.4, 0.5) is 15.8 Å². The largest absolute Gasteiger partial charge is 0.326 e. The van der Waals surface area contributed by atoms with Crippen molar-refractivity contribution in [2.24, 2.45) is 5.92 Å². The number of halogens is 1. The molecule has 2 N–H and O–H groups in total. The fourth-order valence-electron chi connectivity index (χ4n) is 3.58. The highest BCUT2D eigenvalue weighted by atomic mass is 32.1. The summed E-state index contributed by atoms with van der Waals surface area (Å²) in [5.41, 5.74) is 1.34. The maximum Gasteiger partial charge on any atom is 0.307 e. The van der Waals surface area contributed by atoms with Gasteiger partial charge in [-0.2, -0.15) is 0 Å². The summed E-state index contributed by atoms with van der Waals surface area (Å²) in [4.78, 5) is 37.4. The van der Waals surface area contributed by atoms with Gasteiger partial charge in [0.15, 0.2) is 0 Å². The first-order valence-electron chi connectivity index (χ1n) is 9.92. The fraction of sp³-hybridized carbons (Fsp3) is 0.476. The predicted molar refractivity (Wildman–Crippen MR) is 113 cm³/mol. The Bertz CT molecular complexity index is 961. The first-order valence-corrected chi connectivity index (χ1v) is 10.7.